The van der Waals surface area contributed by atoms with Gasteiger partial charge in [0.25, 0.3) is 0 Å². The van der Waals surface area contributed by atoms with Gasteiger partial charge in [-0.3, -0.25) is 0 Å². The average Bonchev–Trinajstić information content (AvgIpc) is 3.63. The Morgan fingerprint density at radius 2 is 1.84 bits per heavy atom. The number of hydrogen-bond acceptors (Lipinski definition) is 4. The van der Waals surface area contributed by atoms with Gasteiger partial charge < -0.3 is 20.8 Å². The quantitative estimate of drug-likeness (QED) is 0.245. The van der Waals surface area contributed by atoms with Crippen LogP contribution in [-0.2, 0) is 0 Å². The van der Waals surface area contributed by atoms with Crippen molar-refractivity contribution in [1.29, 1.82) is 0 Å². The van der Waals surface area contributed by atoms with E-state index >= 15 is 0 Å². The fourth-order valence-corrected chi connectivity index (χ4v) is 14.6. The van der Waals surface area contributed by atoms with Crippen molar-refractivity contribution in [1.82, 2.24) is 10.6 Å². The van der Waals surface area contributed by atoms with E-state index in [0.29, 0.717) is 35.1 Å². The summed E-state index contributed by atoms with van der Waals surface area (Å²) in [5.74, 6) is 3.54. The molecule has 12 atom stereocenters. The minimum absolute atomic E-state index is 0.131. The zero-order chi connectivity index (χ0) is 30.9. The Morgan fingerprint density at radius 1 is 1.07 bits per heavy atom. The van der Waals surface area contributed by atoms with Gasteiger partial charge in [-0.2, -0.15) is 0 Å². The Labute approximate surface area is 268 Å². The highest BCUT2D eigenvalue weighted by Crippen LogP contribution is 2.75. The van der Waals surface area contributed by atoms with Crippen molar-refractivity contribution < 1.29 is 10.2 Å². The first kappa shape index (κ1) is 30.4. The molecule has 2 bridgehead atoms. The lowest BCUT2D eigenvalue weighted by molar-refractivity contribution is -0.0943. The molecule has 4 heteroatoms. The number of aliphatic hydroxyl groups is 2. The molecule has 44 heavy (non-hydrogen) atoms. The van der Waals surface area contributed by atoms with E-state index in [9.17, 15) is 10.2 Å². The van der Waals surface area contributed by atoms with Crippen LogP contribution in [0.25, 0.3) is 0 Å². The molecule has 4 nitrogen and oxygen atoms in total. The van der Waals surface area contributed by atoms with Crippen LogP contribution in [0.2, 0.25) is 0 Å². The van der Waals surface area contributed by atoms with E-state index in [2.05, 4.69) is 51.0 Å². The Kier molecular flexibility index (Phi) is 6.93. The van der Waals surface area contributed by atoms with Crippen LogP contribution in [0.4, 0.5) is 0 Å². The van der Waals surface area contributed by atoms with E-state index in [1.54, 1.807) is 16.7 Å². The maximum Gasteiger partial charge on any atom is 0.0696 e. The van der Waals surface area contributed by atoms with E-state index < -0.39 is 0 Å². The minimum Gasteiger partial charge on any atom is -0.392 e. The fourth-order valence-electron chi connectivity index (χ4n) is 14.6. The molecule has 0 aromatic carbocycles. The van der Waals surface area contributed by atoms with E-state index in [1.165, 1.54) is 89.0 Å². The molecule has 2 spiro atoms. The van der Waals surface area contributed by atoms with Gasteiger partial charge in [-0.25, -0.2) is 0 Å². The van der Waals surface area contributed by atoms with Crippen molar-refractivity contribution in [2.75, 3.05) is 6.54 Å². The normalized spacial score (nSPS) is 51.1. The summed E-state index contributed by atoms with van der Waals surface area (Å²) in [6, 6.07) is 0.131. The van der Waals surface area contributed by atoms with Gasteiger partial charge in [0.2, 0.25) is 0 Å². The molecule has 7 fully saturated rings. The lowest BCUT2D eigenvalue weighted by Gasteiger charge is -2.66. The molecule has 8 aliphatic rings. The van der Waals surface area contributed by atoms with Crippen molar-refractivity contribution in [3.8, 4) is 0 Å². The van der Waals surface area contributed by atoms with Gasteiger partial charge in [-0.15, -0.1) is 0 Å². The van der Waals surface area contributed by atoms with Crippen LogP contribution >= 0.6 is 0 Å². The molecule has 8 rings (SSSR count). The van der Waals surface area contributed by atoms with Gasteiger partial charge in [-0.1, -0.05) is 49.1 Å². The highest BCUT2D eigenvalue weighted by atomic mass is 16.3. The molecule has 0 unspecified atom stereocenters. The lowest BCUT2D eigenvalue weighted by atomic mass is 9.45. The van der Waals surface area contributed by atoms with Crippen LogP contribution in [0.1, 0.15) is 131 Å². The number of nitrogens with one attached hydrogen (secondary N) is 2. The summed E-state index contributed by atoms with van der Waals surface area (Å²) in [5, 5.41) is 29.5. The zero-order valence-electron chi connectivity index (χ0n) is 28.6. The third-order valence-corrected chi connectivity index (χ3v) is 16.7. The first-order chi connectivity index (χ1) is 20.9. The highest BCUT2D eigenvalue weighted by molar-refractivity contribution is 5.47. The van der Waals surface area contributed by atoms with Crippen LogP contribution in [0.15, 0.2) is 34.9 Å². The number of allylic oxidation sites excluding steroid dienone is 4. The maximum atomic E-state index is 11.4. The minimum atomic E-state index is -0.366. The second-order valence-corrected chi connectivity index (χ2v) is 18.4. The Morgan fingerprint density at radius 3 is 2.57 bits per heavy atom. The molecular formula is C40H62N2O2. The van der Waals surface area contributed by atoms with Crippen molar-refractivity contribution in [3.63, 3.8) is 0 Å². The molecule has 2 aliphatic heterocycles. The van der Waals surface area contributed by atoms with E-state index in [4.69, 9.17) is 0 Å². The summed E-state index contributed by atoms with van der Waals surface area (Å²) in [6.07, 6.45) is 21.5. The predicted octanol–water partition coefficient (Wildman–Crippen LogP) is 7.61. The van der Waals surface area contributed by atoms with E-state index in [0.717, 1.165) is 24.7 Å². The molecule has 2 heterocycles. The number of aliphatic hydroxyl groups excluding tert-OH is 2. The summed E-state index contributed by atoms with van der Waals surface area (Å²) < 4.78 is 0. The standard InChI is InChI=1S/C40H62N2O2/c1-24(2)28-17-32-25(3)15-31(22-36(32,5)38(21-28)10-7-8-11-38)39-12-9-29-19-30-16-27-18-34(41-23-26(4)43)35(44)20-33(27)40(30,14-13-39)37(29,6)42-39/h15,26-30,33-35,41-44H,1,7-14,16-23H2,2-6H3/t26-,27+,28-,29-,30-,33-,34-,35-,36-,37-,39+,40+/m0/s1. The van der Waals surface area contributed by atoms with Crippen LogP contribution in [0, 0.1) is 45.8 Å². The summed E-state index contributed by atoms with van der Waals surface area (Å²) in [6.45, 7) is 17.0. The van der Waals surface area contributed by atoms with E-state index in [-0.39, 0.29) is 34.7 Å². The highest BCUT2D eigenvalue weighted by Gasteiger charge is 2.74. The fraction of sp³-hybridized carbons (Fsp3) is 0.850. The molecule has 2 saturated heterocycles. The number of piperidine rings is 2. The van der Waals surface area contributed by atoms with E-state index in [1.807, 2.05) is 6.92 Å². The summed E-state index contributed by atoms with van der Waals surface area (Å²) in [5.41, 5.74) is 7.86. The van der Waals surface area contributed by atoms with Gasteiger partial charge in [0, 0.05) is 23.7 Å². The summed E-state index contributed by atoms with van der Waals surface area (Å²) >= 11 is 0. The van der Waals surface area contributed by atoms with Crippen molar-refractivity contribution in [2.45, 2.75) is 160 Å². The van der Waals surface area contributed by atoms with Crippen molar-refractivity contribution in [3.05, 3.63) is 34.9 Å². The molecule has 244 valence electrons. The smallest absolute Gasteiger partial charge is 0.0696 e. The molecule has 0 aromatic heterocycles. The number of rotatable bonds is 5. The van der Waals surface area contributed by atoms with Gasteiger partial charge in [-0.05, 0) is 163 Å². The predicted molar refractivity (Wildman–Crippen MR) is 179 cm³/mol. The first-order valence-corrected chi connectivity index (χ1v) is 18.8. The summed E-state index contributed by atoms with van der Waals surface area (Å²) in [4.78, 5) is 0. The first-order valence-electron chi connectivity index (χ1n) is 18.8. The van der Waals surface area contributed by atoms with Crippen LogP contribution in [0.3, 0.4) is 0 Å². The Hall–Kier alpha value is -0.940. The van der Waals surface area contributed by atoms with Gasteiger partial charge in [0.1, 0.15) is 0 Å². The largest absolute Gasteiger partial charge is 0.392 e. The average molecular weight is 603 g/mol. The maximum absolute atomic E-state index is 11.4. The Balaban J connectivity index is 1.12. The molecule has 4 N–H and O–H groups in total. The second kappa shape index (κ2) is 10.0. The van der Waals surface area contributed by atoms with Crippen molar-refractivity contribution >= 4 is 0 Å². The molecule has 5 saturated carbocycles. The SMILES string of the molecule is C=C(C)[C@H]1CC2=C(C)C=C([C@@]34CC[C@H]5C[C@@H]6C[C@@H]7C[C@H](NC[C@H](C)O)[C@@H](O)C[C@@H]7[C@]6(CC3)[C@@]5(C)N4)C[C@]2(C)C2(CCCC2)C1. The third kappa shape index (κ3) is 3.90. The molecule has 6 aliphatic carbocycles. The topological polar surface area (TPSA) is 64.5 Å². The van der Waals surface area contributed by atoms with Crippen LogP contribution in [0.5, 0.6) is 0 Å². The van der Waals surface area contributed by atoms with Gasteiger partial charge >= 0.3 is 0 Å². The van der Waals surface area contributed by atoms with Crippen LogP contribution < -0.4 is 10.6 Å². The van der Waals surface area contributed by atoms with Gasteiger partial charge in [0.15, 0.2) is 0 Å². The monoisotopic (exact) mass is 602 g/mol. The lowest BCUT2D eigenvalue weighted by Crippen LogP contribution is -2.74. The zero-order valence-corrected chi connectivity index (χ0v) is 28.6. The third-order valence-electron chi connectivity index (χ3n) is 16.7. The second-order valence-electron chi connectivity index (χ2n) is 18.4. The van der Waals surface area contributed by atoms with Crippen molar-refractivity contribution in [2.24, 2.45) is 45.8 Å². The molecular weight excluding hydrogens is 540 g/mol. The Bertz CT molecular complexity index is 1280. The number of fused-ring (bicyclic) bond motifs is 4. The molecule has 0 radical (unpaired) electrons. The van der Waals surface area contributed by atoms with Gasteiger partial charge in [0.05, 0.1) is 12.2 Å². The number of hydrogen-bond donors (Lipinski definition) is 4. The summed E-state index contributed by atoms with van der Waals surface area (Å²) in [7, 11) is 0. The molecule has 0 amide bonds. The molecule has 0 aromatic rings. The van der Waals surface area contributed by atoms with Crippen LogP contribution in [-0.4, -0.2) is 46.1 Å².